The number of urea groups is 1. The number of piperidine rings is 1. The molecule has 5 N–H and O–H groups in total. The van der Waals surface area contributed by atoms with Crippen molar-refractivity contribution in [2.75, 3.05) is 26.2 Å². The number of hydrazine groups is 1. The molecule has 10 heteroatoms. The van der Waals surface area contributed by atoms with Gasteiger partial charge in [0.25, 0.3) is 0 Å². The van der Waals surface area contributed by atoms with Gasteiger partial charge in [-0.3, -0.25) is 5.32 Å². The smallest absolute Gasteiger partial charge is 0.410 e. The summed E-state index contributed by atoms with van der Waals surface area (Å²) < 4.78 is 5.53. The highest BCUT2D eigenvalue weighted by molar-refractivity contribution is 5.76. The van der Waals surface area contributed by atoms with Gasteiger partial charge in [-0.2, -0.15) is 0 Å². The molecule has 0 spiro atoms. The fourth-order valence-electron chi connectivity index (χ4n) is 5.85. The van der Waals surface area contributed by atoms with E-state index in [0.717, 1.165) is 44.5 Å². The maximum absolute atomic E-state index is 12.6. The Labute approximate surface area is 225 Å². The van der Waals surface area contributed by atoms with E-state index in [-0.39, 0.29) is 23.7 Å². The first-order valence-electron chi connectivity index (χ1n) is 14.0. The summed E-state index contributed by atoms with van der Waals surface area (Å²) in [6.45, 7) is 10.7. The fourth-order valence-corrected chi connectivity index (χ4v) is 5.85. The van der Waals surface area contributed by atoms with Crippen molar-refractivity contribution in [1.29, 1.82) is 0 Å². The third-order valence-corrected chi connectivity index (χ3v) is 7.97. The minimum absolute atomic E-state index is 0.0202. The van der Waals surface area contributed by atoms with Crippen LogP contribution < -0.4 is 26.7 Å². The molecule has 0 aromatic carbocycles. The number of carbonyl (C=O) groups excluding carboxylic acids is 2. The summed E-state index contributed by atoms with van der Waals surface area (Å²) >= 11 is 0. The summed E-state index contributed by atoms with van der Waals surface area (Å²) in [6.07, 6.45) is 14.4. The van der Waals surface area contributed by atoms with Crippen molar-refractivity contribution < 1.29 is 14.3 Å². The molecule has 2 fully saturated rings. The second kappa shape index (κ2) is 10.6. The van der Waals surface area contributed by atoms with Crippen LogP contribution in [0.4, 0.5) is 9.59 Å². The first-order chi connectivity index (χ1) is 18.1. The molecule has 10 nitrogen and oxygen atoms in total. The van der Waals surface area contributed by atoms with Gasteiger partial charge in [-0.25, -0.2) is 15.0 Å². The topological polar surface area (TPSA) is 110 Å². The molecule has 0 aromatic heterocycles. The van der Waals surface area contributed by atoms with E-state index in [1.807, 2.05) is 37.8 Å². The van der Waals surface area contributed by atoms with Crippen LogP contribution in [0, 0.1) is 0 Å². The Morgan fingerprint density at radius 2 is 1.82 bits per heavy atom. The van der Waals surface area contributed by atoms with Gasteiger partial charge in [-0.05, 0) is 76.7 Å². The van der Waals surface area contributed by atoms with E-state index in [4.69, 9.17) is 4.74 Å². The van der Waals surface area contributed by atoms with Gasteiger partial charge >= 0.3 is 12.1 Å². The first kappa shape index (κ1) is 26.5. The molecule has 1 saturated carbocycles. The number of nitrogens with one attached hydrogen (secondary N) is 5. The normalized spacial score (nSPS) is 25.2. The molecule has 1 atom stereocenters. The molecular formula is C28H43N7O3. The van der Waals surface area contributed by atoms with Crippen LogP contribution in [-0.2, 0) is 4.74 Å². The van der Waals surface area contributed by atoms with Crippen molar-refractivity contribution in [3.63, 3.8) is 0 Å². The Kier molecular flexibility index (Phi) is 7.35. The van der Waals surface area contributed by atoms with Gasteiger partial charge in [0.1, 0.15) is 11.4 Å². The zero-order chi connectivity index (χ0) is 26.9. The highest BCUT2D eigenvalue weighted by Gasteiger charge is 2.33. The maximum Gasteiger partial charge on any atom is 0.410 e. The van der Waals surface area contributed by atoms with E-state index in [1.165, 1.54) is 24.0 Å². The third-order valence-electron chi connectivity index (χ3n) is 7.97. The van der Waals surface area contributed by atoms with E-state index in [2.05, 4.69) is 50.9 Å². The molecule has 1 saturated heterocycles. The Hall–Kier alpha value is -3.14. The lowest BCUT2D eigenvalue weighted by atomic mass is 9.97. The van der Waals surface area contributed by atoms with E-state index in [9.17, 15) is 9.59 Å². The number of hydrogen-bond donors (Lipinski definition) is 5. The van der Waals surface area contributed by atoms with E-state index >= 15 is 0 Å². The summed E-state index contributed by atoms with van der Waals surface area (Å²) in [5, 5.41) is 15.3. The molecule has 5 rings (SSSR count). The molecule has 1 unspecified atom stereocenters. The largest absolute Gasteiger partial charge is 0.444 e. The summed E-state index contributed by atoms with van der Waals surface area (Å²) in [7, 11) is 0. The lowest BCUT2D eigenvalue weighted by molar-refractivity contribution is 0.0151. The molecule has 208 valence electrons. The summed E-state index contributed by atoms with van der Waals surface area (Å²) in [5.74, 6) is 0.703. The standard InChI is InChI=1S/C28H43N7O3/c1-27(2,3)38-26(37)34-13-9-21(10-14-34)35-18-20(17-30-35)19-15-23-22(29-16-19)7-8-24(31-23)32-25(36)33-28(4)11-5-6-12-28/h7-8,15,18,21,23,29-31H,5-6,9-14,16-17H2,1-4H3,(H2,32,33,36). The average Bonchev–Trinajstić information content (AvgIpc) is 3.52. The van der Waals surface area contributed by atoms with Crippen LogP contribution in [0.5, 0.6) is 0 Å². The molecule has 3 amide bonds. The van der Waals surface area contributed by atoms with Crippen molar-refractivity contribution in [3.8, 4) is 0 Å². The number of allylic oxidation sites excluding steroid dienone is 2. The van der Waals surface area contributed by atoms with Gasteiger partial charge in [0.2, 0.25) is 0 Å². The minimum atomic E-state index is -0.473. The molecule has 38 heavy (non-hydrogen) atoms. The summed E-state index contributed by atoms with van der Waals surface area (Å²) in [6, 6.07) is 0.160. The van der Waals surface area contributed by atoms with E-state index < -0.39 is 5.60 Å². The van der Waals surface area contributed by atoms with Gasteiger partial charge in [0, 0.05) is 49.7 Å². The molecule has 0 radical (unpaired) electrons. The Morgan fingerprint density at radius 3 is 2.53 bits per heavy atom. The quantitative estimate of drug-likeness (QED) is 0.384. The number of ether oxygens (including phenoxy) is 1. The fraction of sp³-hybridized carbons (Fsp3) is 0.643. The maximum atomic E-state index is 12.6. The number of fused-ring (bicyclic) bond motifs is 1. The number of hydrogen-bond acceptors (Lipinski definition) is 7. The summed E-state index contributed by atoms with van der Waals surface area (Å²) in [5.41, 5.74) is 6.53. The van der Waals surface area contributed by atoms with Crippen molar-refractivity contribution in [1.82, 2.24) is 36.6 Å². The van der Waals surface area contributed by atoms with Crippen LogP contribution in [0.15, 0.2) is 47.1 Å². The number of amides is 3. The summed E-state index contributed by atoms with van der Waals surface area (Å²) in [4.78, 5) is 26.8. The lowest BCUT2D eigenvalue weighted by Crippen LogP contribution is -2.51. The van der Waals surface area contributed by atoms with Gasteiger partial charge in [0.15, 0.2) is 0 Å². The van der Waals surface area contributed by atoms with Crippen LogP contribution in [0.2, 0.25) is 0 Å². The molecular weight excluding hydrogens is 482 g/mol. The highest BCUT2D eigenvalue weighted by Crippen LogP contribution is 2.29. The number of likely N-dealkylation sites (tertiary alicyclic amines) is 1. The van der Waals surface area contributed by atoms with Gasteiger partial charge in [-0.1, -0.05) is 18.9 Å². The van der Waals surface area contributed by atoms with Crippen LogP contribution in [0.1, 0.15) is 66.2 Å². The zero-order valence-corrected chi connectivity index (χ0v) is 23.2. The van der Waals surface area contributed by atoms with Gasteiger partial charge in [0.05, 0.1) is 6.04 Å². The van der Waals surface area contributed by atoms with Gasteiger partial charge < -0.3 is 30.6 Å². The van der Waals surface area contributed by atoms with Crippen molar-refractivity contribution in [2.45, 2.75) is 89.4 Å². The SMILES string of the molecule is CC1(NC(=O)NC2=CC=C3NCC(C4=CN(C5CCN(C(=O)OC(C)(C)C)CC5)NC4)=CC3N2)CCCC1. The van der Waals surface area contributed by atoms with Crippen molar-refractivity contribution in [2.24, 2.45) is 0 Å². The molecule has 0 bridgehead atoms. The molecule has 4 aliphatic heterocycles. The second-order valence-electron chi connectivity index (χ2n) is 12.3. The number of dihydropyridines is 1. The number of nitrogens with zero attached hydrogens (tertiary/aromatic N) is 2. The number of carbonyl (C=O) groups is 2. The van der Waals surface area contributed by atoms with Crippen LogP contribution in [-0.4, -0.2) is 71.4 Å². The molecule has 1 aliphatic carbocycles. The Bertz CT molecular complexity index is 1060. The molecule has 4 heterocycles. The number of rotatable bonds is 4. The van der Waals surface area contributed by atoms with Crippen LogP contribution in [0.25, 0.3) is 0 Å². The lowest BCUT2D eigenvalue weighted by Gasteiger charge is -2.37. The van der Waals surface area contributed by atoms with E-state index in [1.54, 1.807) is 0 Å². The minimum Gasteiger partial charge on any atom is -0.444 e. The molecule has 5 aliphatic rings. The van der Waals surface area contributed by atoms with Crippen molar-refractivity contribution in [3.05, 3.63) is 47.1 Å². The second-order valence-corrected chi connectivity index (χ2v) is 12.3. The zero-order valence-electron chi connectivity index (χ0n) is 23.2. The highest BCUT2D eigenvalue weighted by atomic mass is 16.6. The third kappa shape index (κ3) is 6.28. The monoisotopic (exact) mass is 525 g/mol. The average molecular weight is 526 g/mol. The van der Waals surface area contributed by atoms with Crippen LogP contribution in [0.3, 0.4) is 0 Å². The predicted molar refractivity (Wildman–Crippen MR) is 146 cm³/mol. The van der Waals surface area contributed by atoms with Crippen LogP contribution >= 0.6 is 0 Å². The first-order valence-corrected chi connectivity index (χ1v) is 14.0. The van der Waals surface area contributed by atoms with E-state index in [0.29, 0.717) is 25.0 Å². The van der Waals surface area contributed by atoms with Crippen molar-refractivity contribution >= 4 is 12.1 Å². The van der Waals surface area contributed by atoms with Gasteiger partial charge in [-0.15, -0.1) is 0 Å². The Morgan fingerprint density at radius 1 is 1.08 bits per heavy atom. The predicted octanol–water partition coefficient (Wildman–Crippen LogP) is 2.95. The Balaban J connectivity index is 1.14. The molecule has 0 aromatic rings.